The number of ether oxygens (including phenoxy) is 1. The topological polar surface area (TPSA) is 127 Å². The highest BCUT2D eigenvalue weighted by Gasteiger charge is 2.25. The summed E-state index contributed by atoms with van der Waals surface area (Å²) >= 11 is 0. The number of rotatable bonds is 10. The summed E-state index contributed by atoms with van der Waals surface area (Å²) < 4.78 is 6.61. The Morgan fingerprint density at radius 3 is 2.48 bits per heavy atom. The molecule has 0 aliphatic heterocycles. The first-order valence-electron chi connectivity index (χ1n) is 10.4. The van der Waals surface area contributed by atoms with Gasteiger partial charge in [-0.2, -0.15) is 0 Å². The highest BCUT2D eigenvalue weighted by atomic mass is 16.5. The van der Waals surface area contributed by atoms with Gasteiger partial charge in [0.1, 0.15) is 11.6 Å². The molecule has 1 heterocycles. The number of nitrogens with zero attached hydrogens (tertiary/aromatic N) is 2. The second-order valence-corrected chi connectivity index (χ2v) is 7.30. The number of methoxy groups -OCH3 is 1. The molecule has 3 N–H and O–H groups in total. The molecule has 2 aromatic rings. The molecule has 1 amide bonds. The van der Waals surface area contributed by atoms with Gasteiger partial charge in [0.15, 0.2) is 11.5 Å². The van der Waals surface area contributed by atoms with Crippen LogP contribution >= 0.6 is 0 Å². The number of unbranched alkanes of at least 4 members (excludes halogenated alkanes) is 1. The third kappa shape index (κ3) is 5.42. The van der Waals surface area contributed by atoms with E-state index in [2.05, 4.69) is 4.98 Å². The van der Waals surface area contributed by atoms with E-state index in [-0.39, 0.29) is 36.2 Å². The lowest BCUT2D eigenvalue weighted by molar-refractivity contribution is -0.118. The number of nitrogen functional groups attached to an aromatic ring is 1. The van der Waals surface area contributed by atoms with E-state index in [9.17, 15) is 19.2 Å². The summed E-state index contributed by atoms with van der Waals surface area (Å²) in [4.78, 5) is 53.5. The number of aromatic nitrogens is 2. The van der Waals surface area contributed by atoms with Crippen LogP contribution in [0.4, 0.5) is 11.5 Å². The molecule has 31 heavy (non-hydrogen) atoms. The fourth-order valence-corrected chi connectivity index (χ4v) is 3.36. The Morgan fingerprint density at radius 2 is 1.90 bits per heavy atom. The molecule has 9 heteroatoms. The summed E-state index contributed by atoms with van der Waals surface area (Å²) in [5.74, 6) is -0.0889. The Balaban J connectivity index is 2.54. The number of aromatic amines is 1. The van der Waals surface area contributed by atoms with Gasteiger partial charge in [0.25, 0.3) is 5.56 Å². The standard InChI is InChI=1S/C22H30N4O5/c1-5-7-11-25(19-20(23)26(10-6-2)22(30)24-21(19)29)18(28)13-16-12-15(14(3)27)8-9-17(16)31-4/h8-9,12H,5-7,10-11,13,23H2,1-4H3,(H,24,29,30). The third-order valence-corrected chi connectivity index (χ3v) is 5.00. The minimum Gasteiger partial charge on any atom is -0.496 e. The van der Waals surface area contributed by atoms with Gasteiger partial charge in [-0.25, -0.2) is 4.79 Å². The molecule has 0 aliphatic carbocycles. The van der Waals surface area contributed by atoms with Crippen LogP contribution in [0.5, 0.6) is 5.75 Å². The summed E-state index contributed by atoms with van der Waals surface area (Å²) in [5, 5.41) is 0. The first-order chi connectivity index (χ1) is 14.7. The van der Waals surface area contributed by atoms with E-state index in [0.29, 0.717) is 36.3 Å². The van der Waals surface area contributed by atoms with Crippen molar-refractivity contribution in [2.75, 3.05) is 24.3 Å². The van der Waals surface area contributed by atoms with Crippen LogP contribution in [0.25, 0.3) is 0 Å². The largest absolute Gasteiger partial charge is 0.496 e. The van der Waals surface area contributed by atoms with E-state index in [1.807, 2.05) is 13.8 Å². The van der Waals surface area contributed by atoms with Gasteiger partial charge in [0.2, 0.25) is 5.91 Å². The predicted molar refractivity (Wildman–Crippen MR) is 120 cm³/mol. The van der Waals surface area contributed by atoms with Crippen LogP contribution in [0.15, 0.2) is 27.8 Å². The van der Waals surface area contributed by atoms with E-state index < -0.39 is 11.2 Å². The Kier molecular flexibility index (Phi) is 8.18. The number of hydrogen-bond acceptors (Lipinski definition) is 6. The monoisotopic (exact) mass is 430 g/mol. The quantitative estimate of drug-likeness (QED) is 0.556. The van der Waals surface area contributed by atoms with Crippen molar-refractivity contribution in [1.82, 2.24) is 9.55 Å². The minimum absolute atomic E-state index is 0.0341. The molecule has 2 rings (SSSR count). The van der Waals surface area contributed by atoms with Crippen LogP contribution in [0.3, 0.4) is 0 Å². The van der Waals surface area contributed by atoms with Crippen LogP contribution in [-0.2, 0) is 17.8 Å². The maximum Gasteiger partial charge on any atom is 0.330 e. The van der Waals surface area contributed by atoms with Gasteiger partial charge in [0, 0.05) is 24.2 Å². The third-order valence-electron chi connectivity index (χ3n) is 5.00. The number of benzene rings is 1. The molecule has 0 aliphatic rings. The number of nitrogens with two attached hydrogens (primary N) is 1. The summed E-state index contributed by atoms with van der Waals surface area (Å²) in [6.45, 7) is 5.87. The number of anilines is 2. The number of ketones is 1. The molecule has 0 saturated heterocycles. The Morgan fingerprint density at radius 1 is 1.19 bits per heavy atom. The average molecular weight is 431 g/mol. The number of H-pyrrole nitrogens is 1. The molecule has 168 valence electrons. The summed E-state index contributed by atoms with van der Waals surface area (Å²) in [6.07, 6.45) is 1.97. The molecule has 1 aromatic carbocycles. The molecule has 0 saturated carbocycles. The molecule has 0 bridgehead atoms. The number of Topliss-reactive ketones (excluding diaryl/α,β-unsaturated/α-hetero) is 1. The Labute approximate surface area is 180 Å². The number of carbonyl (C=O) groups excluding carboxylic acids is 2. The molecule has 1 aromatic heterocycles. The smallest absolute Gasteiger partial charge is 0.330 e. The lowest BCUT2D eigenvalue weighted by Crippen LogP contribution is -2.42. The number of carbonyl (C=O) groups is 2. The van der Waals surface area contributed by atoms with Crippen LogP contribution in [0, 0.1) is 0 Å². The van der Waals surface area contributed by atoms with Crippen molar-refractivity contribution in [3.8, 4) is 5.75 Å². The second-order valence-electron chi connectivity index (χ2n) is 7.30. The zero-order chi connectivity index (χ0) is 23.1. The van der Waals surface area contributed by atoms with Gasteiger partial charge >= 0.3 is 5.69 Å². The van der Waals surface area contributed by atoms with Crippen molar-refractivity contribution in [2.45, 2.75) is 53.0 Å². The van der Waals surface area contributed by atoms with E-state index in [4.69, 9.17) is 10.5 Å². The van der Waals surface area contributed by atoms with Crippen molar-refractivity contribution < 1.29 is 14.3 Å². The van der Waals surface area contributed by atoms with Gasteiger partial charge in [-0.05, 0) is 38.0 Å². The first-order valence-corrected chi connectivity index (χ1v) is 10.4. The maximum absolute atomic E-state index is 13.3. The Bertz CT molecular complexity index is 1070. The molecular weight excluding hydrogens is 400 g/mol. The highest BCUT2D eigenvalue weighted by Crippen LogP contribution is 2.24. The van der Waals surface area contributed by atoms with Gasteiger partial charge < -0.3 is 15.4 Å². The summed E-state index contributed by atoms with van der Waals surface area (Å²) in [6, 6.07) is 4.88. The van der Waals surface area contributed by atoms with Crippen molar-refractivity contribution in [1.29, 1.82) is 0 Å². The van der Waals surface area contributed by atoms with Gasteiger partial charge in [-0.15, -0.1) is 0 Å². The van der Waals surface area contributed by atoms with Crippen LogP contribution in [-0.4, -0.2) is 34.9 Å². The molecule has 0 fully saturated rings. The molecule has 0 radical (unpaired) electrons. The minimum atomic E-state index is -0.705. The van der Waals surface area contributed by atoms with Crippen molar-refractivity contribution in [3.63, 3.8) is 0 Å². The van der Waals surface area contributed by atoms with Gasteiger partial charge in [-0.1, -0.05) is 20.3 Å². The van der Waals surface area contributed by atoms with Crippen LogP contribution < -0.4 is 26.6 Å². The lowest BCUT2D eigenvalue weighted by atomic mass is 10.0. The number of amides is 1. The van der Waals surface area contributed by atoms with Crippen LogP contribution in [0.1, 0.15) is 56.0 Å². The summed E-state index contributed by atoms with van der Waals surface area (Å²) in [7, 11) is 1.48. The first kappa shape index (κ1) is 23.9. The molecule has 9 nitrogen and oxygen atoms in total. The fourth-order valence-electron chi connectivity index (χ4n) is 3.36. The average Bonchev–Trinajstić information content (AvgIpc) is 2.73. The SMILES string of the molecule is CCCCN(C(=O)Cc1cc(C(C)=O)ccc1OC)c1c(N)n(CCC)c(=O)[nH]c1=O. The van der Waals surface area contributed by atoms with E-state index in [1.54, 1.807) is 18.2 Å². The normalized spacial score (nSPS) is 10.7. The zero-order valence-corrected chi connectivity index (χ0v) is 18.5. The van der Waals surface area contributed by atoms with Crippen molar-refractivity contribution >= 4 is 23.2 Å². The fraction of sp³-hybridized carbons (Fsp3) is 0.455. The van der Waals surface area contributed by atoms with Crippen molar-refractivity contribution in [2.24, 2.45) is 0 Å². The number of hydrogen-bond donors (Lipinski definition) is 2. The zero-order valence-electron chi connectivity index (χ0n) is 18.5. The second kappa shape index (κ2) is 10.6. The van der Waals surface area contributed by atoms with Gasteiger partial charge in [0.05, 0.1) is 13.5 Å². The Hall–Kier alpha value is -3.36. The molecule has 0 spiro atoms. The van der Waals surface area contributed by atoms with Crippen LogP contribution in [0.2, 0.25) is 0 Å². The van der Waals surface area contributed by atoms with E-state index in [1.165, 1.54) is 23.5 Å². The predicted octanol–water partition coefficient (Wildman–Crippen LogP) is 2.12. The molecule has 0 unspecified atom stereocenters. The van der Waals surface area contributed by atoms with E-state index >= 15 is 0 Å². The highest BCUT2D eigenvalue weighted by molar-refractivity contribution is 5.98. The molecular formula is C22H30N4O5. The maximum atomic E-state index is 13.3. The van der Waals surface area contributed by atoms with Crippen molar-refractivity contribution in [3.05, 3.63) is 50.2 Å². The molecule has 0 atom stereocenters. The number of nitrogens with one attached hydrogen (secondary N) is 1. The van der Waals surface area contributed by atoms with Gasteiger partial charge in [-0.3, -0.25) is 23.9 Å². The lowest BCUT2D eigenvalue weighted by Gasteiger charge is -2.25. The van der Waals surface area contributed by atoms with E-state index in [0.717, 1.165) is 6.42 Å². The summed E-state index contributed by atoms with van der Waals surface area (Å²) in [5.41, 5.74) is 5.81.